The molecular formula is C17H22N2O. The Morgan fingerprint density at radius 1 is 1.15 bits per heavy atom. The summed E-state index contributed by atoms with van der Waals surface area (Å²) in [6.45, 7) is 8.76. The van der Waals surface area contributed by atoms with E-state index in [1.54, 1.807) is 6.20 Å². The lowest BCUT2D eigenvalue weighted by Gasteiger charge is -2.14. The first-order valence-electron chi connectivity index (χ1n) is 7.03. The molecule has 0 spiro atoms. The van der Waals surface area contributed by atoms with E-state index in [0.29, 0.717) is 6.61 Å². The molecule has 0 aliphatic heterocycles. The topological polar surface area (TPSA) is 34.1 Å². The lowest BCUT2D eigenvalue weighted by atomic mass is 10.1. The Labute approximate surface area is 121 Å². The van der Waals surface area contributed by atoms with Crippen LogP contribution in [0.1, 0.15) is 29.2 Å². The molecule has 0 saturated heterocycles. The van der Waals surface area contributed by atoms with Crippen molar-refractivity contribution >= 4 is 0 Å². The van der Waals surface area contributed by atoms with E-state index in [1.165, 1.54) is 16.7 Å². The van der Waals surface area contributed by atoms with Gasteiger partial charge in [-0.3, -0.25) is 4.98 Å². The van der Waals surface area contributed by atoms with Crippen LogP contribution in [0.5, 0.6) is 5.75 Å². The molecule has 0 bridgehead atoms. The van der Waals surface area contributed by atoms with E-state index in [0.717, 1.165) is 24.4 Å². The van der Waals surface area contributed by atoms with Gasteiger partial charge in [0, 0.05) is 24.5 Å². The zero-order valence-corrected chi connectivity index (χ0v) is 12.4. The van der Waals surface area contributed by atoms with Crippen LogP contribution in [0.3, 0.4) is 0 Å². The highest BCUT2D eigenvalue weighted by molar-refractivity contribution is 5.43. The average Bonchev–Trinajstić information content (AvgIpc) is 2.45. The standard InChI is InChI=1S/C17H22N2O/c1-4-18-11-16-8-13(2)17(14(3)9-16)20-12-15-6-5-7-19-10-15/h5-10,18H,4,11-12H2,1-3H3. The van der Waals surface area contributed by atoms with Gasteiger partial charge < -0.3 is 10.1 Å². The van der Waals surface area contributed by atoms with E-state index in [9.17, 15) is 0 Å². The molecule has 20 heavy (non-hydrogen) atoms. The van der Waals surface area contributed by atoms with E-state index in [2.05, 4.69) is 43.2 Å². The lowest BCUT2D eigenvalue weighted by Crippen LogP contribution is -2.12. The SMILES string of the molecule is CCNCc1cc(C)c(OCc2cccnc2)c(C)c1. The minimum atomic E-state index is 0.558. The number of aromatic nitrogens is 1. The minimum Gasteiger partial charge on any atom is -0.488 e. The molecule has 0 atom stereocenters. The lowest BCUT2D eigenvalue weighted by molar-refractivity contribution is 0.301. The van der Waals surface area contributed by atoms with Crippen molar-refractivity contribution in [3.63, 3.8) is 0 Å². The van der Waals surface area contributed by atoms with Crippen molar-refractivity contribution in [2.45, 2.75) is 33.9 Å². The van der Waals surface area contributed by atoms with Gasteiger partial charge in [0.1, 0.15) is 12.4 Å². The van der Waals surface area contributed by atoms with Crippen LogP contribution in [0.4, 0.5) is 0 Å². The van der Waals surface area contributed by atoms with Gasteiger partial charge in [-0.1, -0.05) is 25.1 Å². The number of rotatable bonds is 6. The van der Waals surface area contributed by atoms with Gasteiger partial charge in [-0.05, 0) is 43.1 Å². The van der Waals surface area contributed by atoms with Gasteiger partial charge >= 0.3 is 0 Å². The Morgan fingerprint density at radius 2 is 1.90 bits per heavy atom. The summed E-state index contributed by atoms with van der Waals surface area (Å²) < 4.78 is 5.95. The second-order valence-corrected chi connectivity index (χ2v) is 4.99. The minimum absolute atomic E-state index is 0.558. The van der Waals surface area contributed by atoms with Crippen molar-refractivity contribution < 1.29 is 4.74 Å². The maximum Gasteiger partial charge on any atom is 0.125 e. The van der Waals surface area contributed by atoms with Crippen molar-refractivity contribution in [2.75, 3.05) is 6.54 Å². The Kier molecular flexibility index (Phi) is 5.13. The number of hydrogen-bond donors (Lipinski definition) is 1. The van der Waals surface area contributed by atoms with Crippen LogP contribution in [0.15, 0.2) is 36.7 Å². The van der Waals surface area contributed by atoms with Gasteiger partial charge in [0.15, 0.2) is 0 Å². The average molecular weight is 270 g/mol. The van der Waals surface area contributed by atoms with E-state index >= 15 is 0 Å². The summed E-state index contributed by atoms with van der Waals surface area (Å²) in [6.07, 6.45) is 3.61. The molecule has 3 nitrogen and oxygen atoms in total. The van der Waals surface area contributed by atoms with Gasteiger partial charge in [-0.25, -0.2) is 0 Å². The molecule has 0 saturated carbocycles. The highest BCUT2D eigenvalue weighted by Gasteiger charge is 2.07. The predicted molar refractivity (Wildman–Crippen MR) is 81.9 cm³/mol. The number of nitrogens with zero attached hydrogens (tertiary/aromatic N) is 1. The third-order valence-corrected chi connectivity index (χ3v) is 3.21. The van der Waals surface area contributed by atoms with Gasteiger partial charge in [0.05, 0.1) is 0 Å². The number of aryl methyl sites for hydroxylation is 2. The summed E-state index contributed by atoms with van der Waals surface area (Å²) in [7, 11) is 0. The van der Waals surface area contributed by atoms with E-state index in [-0.39, 0.29) is 0 Å². The van der Waals surface area contributed by atoms with Crippen LogP contribution in [0, 0.1) is 13.8 Å². The number of pyridine rings is 1. The largest absolute Gasteiger partial charge is 0.488 e. The molecule has 1 aromatic carbocycles. The normalized spacial score (nSPS) is 10.6. The summed E-state index contributed by atoms with van der Waals surface area (Å²) in [4.78, 5) is 4.10. The number of hydrogen-bond acceptors (Lipinski definition) is 3. The zero-order valence-electron chi connectivity index (χ0n) is 12.4. The molecule has 0 radical (unpaired) electrons. The Bertz CT molecular complexity index is 529. The van der Waals surface area contributed by atoms with E-state index < -0.39 is 0 Å². The summed E-state index contributed by atoms with van der Waals surface area (Å²) in [5.41, 5.74) is 4.75. The third-order valence-electron chi connectivity index (χ3n) is 3.21. The van der Waals surface area contributed by atoms with Crippen molar-refractivity contribution in [1.82, 2.24) is 10.3 Å². The van der Waals surface area contributed by atoms with Crippen LogP contribution in [-0.2, 0) is 13.2 Å². The molecule has 0 aliphatic rings. The number of nitrogens with one attached hydrogen (secondary N) is 1. The van der Waals surface area contributed by atoms with Gasteiger partial charge in [0.25, 0.3) is 0 Å². The molecule has 0 aliphatic carbocycles. The molecule has 1 aromatic heterocycles. The smallest absolute Gasteiger partial charge is 0.125 e. The number of ether oxygens (including phenoxy) is 1. The molecular weight excluding hydrogens is 248 g/mol. The Morgan fingerprint density at radius 3 is 2.50 bits per heavy atom. The summed E-state index contributed by atoms with van der Waals surface area (Å²) in [5, 5.41) is 3.35. The van der Waals surface area contributed by atoms with Crippen LogP contribution in [-0.4, -0.2) is 11.5 Å². The summed E-state index contributed by atoms with van der Waals surface area (Å²) in [5.74, 6) is 0.981. The van der Waals surface area contributed by atoms with Crippen molar-refractivity contribution in [3.05, 3.63) is 58.9 Å². The molecule has 106 valence electrons. The fraction of sp³-hybridized carbons (Fsp3) is 0.353. The van der Waals surface area contributed by atoms with Gasteiger partial charge in [0.2, 0.25) is 0 Å². The van der Waals surface area contributed by atoms with Crippen molar-refractivity contribution in [1.29, 1.82) is 0 Å². The van der Waals surface area contributed by atoms with Crippen molar-refractivity contribution in [3.8, 4) is 5.75 Å². The van der Waals surface area contributed by atoms with Crippen LogP contribution in [0.2, 0.25) is 0 Å². The van der Waals surface area contributed by atoms with E-state index in [4.69, 9.17) is 4.74 Å². The molecule has 1 N–H and O–H groups in total. The fourth-order valence-electron chi connectivity index (χ4n) is 2.28. The van der Waals surface area contributed by atoms with Gasteiger partial charge in [-0.2, -0.15) is 0 Å². The van der Waals surface area contributed by atoms with Crippen LogP contribution < -0.4 is 10.1 Å². The first-order valence-corrected chi connectivity index (χ1v) is 7.03. The summed E-state index contributed by atoms with van der Waals surface area (Å²) >= 11 is 0. The van der Waals surface area contributed by atoms with E-state index in [1.807, 2.05) is 18.3 Å². The third kappa shape index (κ3) is 3.81. The Hall–Kier alpha value is -1.87. The molecule has 2 rings (SSSR count). The van der Waals surface area contributed by atoms with Crippen LogP contribution in [0.25, 0.3) is 0 Å². The molecule has 1 heterocycles. The second-order valence-electron chi connectivity index (χ2n) is 4.99. The maximum absolute atomic E-state index is 5.95. The molecule has 2 aromatic rings. The second kappa shape index (κ2) is 7.06. The predicted octanol–water partition coefficient (Wildman–Crippen LogP) is 3.39. The van der Waals surface area contributed by atoms with Crippen LogP contribution >= 0.6 is 0 Å². The molecule has 0 fully saturated rings. The highest BCUT2D eigenvalue weighted by atomic mass is 16.5. The monoisotopic (exact) mass is 270 g/mol. The van der Waals surface area contributed by atoms with Crippen molar-refractivity contribution in [2.24, 2.45) is 0 Å². The number of benzene rings is 1. The van der Waals surface area contributed by atoms with Gasteiger partial charge in [-0.15, -0.1) is 0 Å². The molecule has 0 amide bonds. The Balaban J connectivity index is 2.08. The summed E-state index contributed by atoms with van der Waals surface area (Å²) in [6, 6.07) is 8.33. The quantitative estimate of drug-likeness (QED) is 0.873. The highest BCUT2D eigenvalue weighted by Crippen LogP contribution is 2.25. The first-order chi connectivity index (χ1) is 9.70. The maximum atomic E-state index is 5.95. The zero-order chi connectivity index (χ0) is 14.4. The molecule has 3 heteroatoms. The fourth-order valence-corrected chi connectivity index (χ4v) is 2.28. The first kappa shape index (κ1) is 14.5. The molecule has 0 unspecified atom stereocenters.